The SMILES string of the molecule is Cc1ccccc1Cn1[nH]c(-c2ccccc2)c(Br)c1=O. The number of aryl methyl sites for hydroxylation is 1. The van der Waals surface area contributed by atoms with Gasteiger partial charge in [0.2, 0.25) is 0 Å². The van der Waals surface area contributed by atoms with E-state index in [1.165, 1.54) is 5.56 Å². The minimum Gasteiger partial charge on any atom is -0.293 e. The van der Waals surface area contributed by atoms with Gasteiger partial charge in [0.25, 0.3) is 5.56 Å². The van der Waals surface area contributed by atoms with Gasteiger partial charge in [-0.3, -0.25) is 9.89 Å². The predicted octanol–water partition coefficient (Wildman–Crippen LogP) is 3.96. The van der Waals surface area contributed by atoms with E-state index in [2.05, 4.69) is 34.0 Å². The van der Waals surface area contributed by atoms with Gasteiger partial charge in [-0.15, -0.1) is 0 Å². The molecule has 3 nitrogen and oxygen atoms in total. The molecular formula is C17H15BrN2O. The molecule has 0 aliphatic heterocycles. The Kier molecular flexibility index (Phi) is 3.80. The van der Waals surface area contributed by atoms with Gasteiger partial charge in [-0.2, -0.15) is 0 Å². The molecule has 21 heavy (non-hydrogen) atoms. The molecule has 0 unspecified atom stereocenters. The Balaban J connectivity index is 2.02. The maximum atomic E-state index is 12.4. The van der Waals surface area contributed by atoms with Crippen LogP contribution >= 0.6 is 15.9 Å². The molecule has 2 aromatic carbocycles. The molecule has 106 valence electrons. The van der Waals surface area contributed by atoms with Gasteiger partial charge >= 0.3 is 0 Å². The highest BCUT2D eigenvalue weighted by atomic mass is 79.9. The number of nitrogens with zero attached hydrogens (tertiary/aromatic N) is 1. The van der Waals surface area contributed by atoms with Crippen molar-refractivity contribution in [1.29, 1.82) is 0 Å². The van der Waals surface area contributed by atoms with E-state index in [1.54, 1.807) is 4.68 Å². The van der Waals surface area contributed by atoms with Crippen molar-refractivity contribution in [3.63, 3.8) is 0 Å². The highest BCUT2D eigenvalue weighted by Gasteiger charge is 2.13. The van der Waals surface area contributed by atoms with E-state index in [9.17, 15) is 4.79 Å². The van der Waals surface area contributed by atoms with Crippen LogP contribution in [0.2, 0.25) is 0 Å². The van der Waals surface area contributed by atoms with Crippen LogP contribution in [-0.4, -0.2) is 9.78 Å². The molecule has 3 rings (SSSR count). The second kappa shape index (κ2) is 5.74. The molecule has 0 spiro atoms. The normalized spacial score (nSPS) is 10.8. The minimum atomic E-state index is -0.0443. The smallest absolute Gasteiger partial charge is 0.281 e. The van der Waals surface area contributed by atoms with E-state index >= 15 is 0 Å². The third-order valence-electron chi connectivity index (χ3n) is 3.55. The second-order valence-corrected chi connectivity index (χ2v) is 5.78. The summed E-state index contributed by atoms with van der Waals surface area (Å²) in [6.45, 7) is 2.59. The number of hydrogen-bond donors (Lipinski definition) is 1. The predicted molar refractivity (Wildman–Crippen MR) is 88.5 cm³/mol. The van der Waals surface area contributed by atoms with Gasteiger partial charge in [-0.25, -0.2) is 4.68 Å². The monoisotopic (exact) mass is 342 g/mol. The summed E-state index contributed by atoms with van der Waals surface area (Å²) < 4.78 is 2.21. The standard InChI is InChI=1S/C17H15BrN2O/c1-12-7-5-6-10-14(12)11-20-17(21)15(18)16(19-20)13-8-3-2-4-9-13/h2-10,19H,11H2,1H3. The molecule has 1 aromatic heterocycles. The number of halogens is 1. The molecule has 3 aromatic rings. The number of aromatic amines is 1. The highest BCUT2D eigenvalue weighted by molar-refractivity contribution is 9.10. The first-order valence-electron chi connectivity index (χ1n) is 6.75. The number of aromatic nitrogens is 2. The molecule has 4 heteroatoms. The fraction of sp³-hybridized carbons (Fsp3) is 0.118. The van der Waals surface area contributed by atoms with E-state index in [0.29, 0.717) is 11.0 Å². The van der Waals surface area contributed by atoms with Crippen molar-refractivity contribution in [2.75, 3.05) is 0 Å². The van der Waals surface area contributed by atoms with Crippen molar-refractivity contribution in [3.05, 3.63) is 80.6 Å². The van der Waals surface area contributed by atoms with Crippen molar-refractivity contribution in [2.45, 2.75) is 13.5 Å². The van der Waals surface area contributed by atoms with Gasteiger partial charge in [-0.1, -0.05) is 54.6 Å². The Labute approximate surface area is 131 Å². The van der Waals surface area contributed by atoms with Crippen molar-refractivity contribution in [1.82, 2.24) is 9.78 Å². The zero-order valence-corrected chi connectivity index (χ0v) is 13.2. The second-order valence-electron chi connectivity index (χ2n) is 4.98. The highest BCUT2D eigenvalue weighted by Crippen LogP contribution is 2.23. The van der Waals surface area contributed by atoms with Crippen molar-refractivity contribution < 1.29 is 0 Å². The largest absolute Gasteiger partial charge is 0.293 e. The lowest BCUT2D eigenvalue weighted by Gasteiger charge is -2.06. The average molecular weight is 343 g/mol. The van der Waals surface area contributed by atoms with Gasteiger partial charge in [0, 0.05) is 5.56 Å². The minimum absolute atomic E-state index is 0.0443. The topological polar surface area (TPSA) is 37.8 Å². The Morgan fingerprint density at radius 2 is 1.71 bits per heavy atom. The maximum absolute atomic E-state index is 12.4. The quantitative estimate of drug-likeness (QED) is 0.768. The fourth-order valence-corrected chi connectivity index (χ4v) is 2.86. The molecule has 1 N–H and O–H groups in total. The molecule has 0 saturated carbocycles. The number of benzene rings is 2. The summed E-state index contributed by atoms with van der Waals surface area (Å²) in [6, 6.07) is 17.9. The van der Waals surface area contributed by atoms with Crippen LogP contribution in [-0.2, 0) is 6.54 Å². The third-order valence-corrected chi connectivity index (χ3v) is 4.29. The zero-order chi connectivity index (χ0) is 14.8. The molecular weight excluding hydrogens is 328 g/mol. The van der Waals surface area contributed by atoms with Gasteiger partial charge in [0.1, 0.15) is 4.47 Å². The van der Waals surface area contributed by atoms with Crippen LogP contribution in [0.4, 0.5) is 0 Å². The Bertz CT molecular complexity index is 818. The lowest BCUT2D eigenvalue weighted by Crippen LogP contribution is -2.18. The van der Waals surface area contributed by atoms with Crippen LogP contribution in [0.15, 0.2) is 63.9 Å². The van der Waals surface area contributed by atoms with Gasteiger partial charge in [0.05, 0.1) is 12.2 Å². The molecule has 0 saturated heterocycles. The lowest BCUT2D eigenvalue weighted by atomic mass is 10.1. The zero-order valence-electron chi connectivity index (χ0n) is 11.6. The molecule has 0 bridgehead atoms. The summed E-state index contributed by atoms with van der Waals surface area (Å²) in [5.41, 5.74) is 4.07. The molecule has 0 amide bonds. The van der Waals surface area contributed by atoms with Gasteiger partial charge in [-0.05, 0) is 34.0 Å². The lowest BCUT2D eigenvalue weighted by molar-refractivity contribution is 0.662. The molecule has 0 aliphatic rings. The van der Waals surface area contributed by atoms with Crippen molar-refractivity contribution >= 4 is 15.9 Å². The Morgan fingerprint density at radius 1 is 1.05 bits per heavy atom. The van der Waals surface area contributed by atoms with Crippen molar-refractivity contribution in [2.24, 2.45) is 0 Å². The van der Waals surface area contributed by atoms with E-state index in [1.807, 2.05) is 48.5 Å². The number of H-pyrrole nitrogens is 1. The van der Waals surface area contributed by atoms with Crippen molar-refractivity contribution in [3.8, 4) is 11.3 Å². The van der Waals surface area contributed by atoms with Crippen LogP contribution in [0.5, 0.6) is 0 Å². The summed E-state index contributed by atoms with van der Waals surface area (Å²) in [5, 5.41) is 3.20. The van der Waals surface area contributed by atoms with E-state index in [-0.39, 0.29) is 5.56 Å². The summed E-state index contributed by atoms with van der Waals surface area (Å²) in [6.07, 6.45) is 0. The molecule has 0 radical (unpaired) electrons. The third kappa shape index (κ3) is 2.72. The first-order valence-corrected chi connectivity index (χ1v) is 7.54. The molecule has 0 atom stereocenters. The Hall–Kier alpha value is -2.07. The van der Waals surface area contributed by atoms with Crippen LogP contribution in [0.3, 0.4) is 0 Å². The summed E-state index contributed by atoms with van der Waals surface area (Å²) in [5.74, 6) is 0. The van der Waals surface area contributed by atoms with Crippen LogP contribution in [0.1, 0.15) is 11.1 Å². The number of nitrogens with one attached hydrogen (secondary N) is 1. The average Bonchev–Trinajstić information content (AvgIpc) is 2.79. The Morgan fingerprint density at radius 3 is 2.43 bits per heavy atom. The first kappa shape index (κ1) is 13.9. The number of rotatable bonds is 3. The molecule has 1 heterocycles. The van der Waals surface area contributed by atoms with Crippen LogP contribution in [0.25, 0.3) is 11.3 Å². The van der Waals surface area contributed by atoms with E-state index < -0.39 is 0 Å². The maximum Gasteiger partial charge on any atom is 0.281 e. The van der Waals surface area contributed by atoms with Gasteiger partial charge < -0.3 is 0 Å². The van der Waals surface area contributed by atoms with E-state index in [0.717, 1.165) is 16.8 Å². The summed E-state index contributed by atoms with van der Waals surface area (Å²) in [4.78, 5) is 12.4. The first-order chi connectivity index (χ1) is 10.2. The summed E-state index contributed by atoms with van der Waals surface area (Å²) >= 11 is 3.41. The molecule has 0 fully saturated rings. The van der Waals surface area contributed by atoms with E-state index in [4.69, 9.17) is 0 Å². The van der Waals surface area contributed by atoms with Gasteiger partial charge in [0.15, 0.2) is 0 Å². The molecule has 0 aliphatic carbocycles. The van der Waals surface area contributed by atoms with Crippen LogP contribution in [0, 0.1) is 6.92 Å². The van der Waals surface area contributed by atoms with Crippen LogP contribution < -0.4 is 5.56 Å². The fourth-order valence-electron chi connectivity index (χ4n) is 2.33. The summed E-state index contributed by atoms with van der Waals surface area (Å²) in [7, 11) is 0. The number of hydrogen-bond acceptors (Lipinski definition) is 1.